The van der Waals surface area contributed by atoms with Crippen molar-refractivity contribution in [1.29, 1.82) is 0 Å². The van der Waals surface area contributed by atoms with Gasteiger partial charge in [-0.3, -0.25) is 14.5 Å². The highest BCUT2D eigenvalue weighted by Gasteiger charge is 2.25. The number of rotatable bonds is 7. The van der Waals surface area contributed by atoms with Crippen molar-refractivity contribution >= 4 is 11.8 Å². The van der Waals surface area contributed by atoms with Crippen molar-refractivity contribution in [3.63, 3.8) is 0 Å². The molecule has 0 aromatic heterocycles. The lowest BCUT2D eigenvalue weighted by Crippen LogP contribution is -2.54. The van der Waals surface area contributed by atoms with Gasteiger partial charge in [-0.05, 0) is 6.42 Å². The fraction of sp³-hybridized carbons (Fsp3) is 0.882. The van der Waals surface area contributed by atoms with Gasteiger partial charge in [-0.15, -0.1) is 0 Å². The number of ether oxygens (including phenoxy) is 1. The molecule has 0 N–H and O–H groups in total. The highest BCUT2D eigenvalue weighted by Crippen LogP contribution is 2.07. The van der Waals surface area contributed by atoms with Crippen molar-refractivity contribution in [2.45, 2.75) is 19.8 Å². The summed E-state index contributed by atoms with van der Waals surface area (Å²) in [5.41, 5.74) is 0. The Morgan fingerprint density at radius 2 is 1.38 bits per heavy atom. The van der Waals surface area contributed by atoms with E-state index < -0.39 is 0 Å². The van der Waals surface area contributed by atoms with E-state index in [4.69, 9.17) is 4.74 Å². The van der Waals surface area contributed by atoms with Crippen LogP contribution in [0.2, 0.25) is 0 Å². The molecule has 0 aliphatic carbocycles. The molecule has 24 heavy (non-hydrogen) atoms. The second-order valence-electron chi connectivity index (χ2n) is 6.58. The standard InChI is InChI=1S/C17H32N4O3/c1-3-16(22)20-10-12-21(13-11-20)17(23)15-19-8-6-18(7-9-19)5-4-14-24-2/h3-15H2,1-2H3. The first-order valence-electron chi connectivity index (χ1n) is 9.13. The molecule has 2 saturated heterocycles. The Morgan fingerprint density at radius 3 is 1.92 bits per heavy atom. The Hall–Kier alpha value is -1.18. The lowest BCUT2D eigenvalue weighted by atomic mass is 10.2. The van der Waals surface area contributed by atoms with Crippen LogP contribution in [0.15, 0.2) is 0 Å². The Kier molecular flexibility index (Phi) is 7.94. The molecular weight excluding hydrogens is 308 g/mol. The molecule has 2 aliphatic heterocycles. The van der Waals surface area contributed by atoms with Crippen molar-refractivity contribution in [1.82, 2.24) is 19.6 Å². The molecule has 2 fully saturated rings. The molecule has 0 aromatic rings. The van der Waals surface area contributed by atoms with E-state index in [2.05, 4.69) is 9.80 Å². The molecule has 138 valence electrons. The van der Waals surface area contributed by atoms with Crippen LogP contribution in [0, 0.1) is 0 Å². The number of hydrogen-bond acceptors (Lipinski definition) is 5. The quantitative estimate of drug-likeness (QED) is 0.597. The average Bonchev–Trinajstić information content (AvgIpc) is 2.63. The van der Waals surface area contributed by atoms with Crippen LogP contribution in [0.25, 0.3) is 0 Å². The predicted octanol–water partition coefficient (Wildman–Crippen LogP) is -0.279. The lowest BCUT2D eigenvalue weighted by Gasteiger charge is -2.38. The van der Waals surface area contributed by atoms with Crippen LogP contribution in [-0.2, 0) is 14.3 Å². The summed E-state index contributed by atoms with van der Waals surface area (Å²) in [5, 5.41) is 0. The van der Waals surface area contributed by atoms with Gasteiger partial charge in [0.25, 0.3) is 0 Å². The molecule has 2 heterocycles. The van der Waals surface area contributed by atoms with E-state index in [1.165, 1.54) is 0 Å². The minimum absolute atomic E-state index is 0.187. The summed E-state index contributed by atoms with van der Waals surface area (Å²) in [6.45, 7) is 10.9. The predicted molar refractivity (Wildman–Crippen MR) is 92.8 cm³/mol. The summed E-state index contributed by atoms with van der Waals surface area (Å²) >= 11 is 0. The van der Waals surface area contributed by atoms with E-state index in [1.54, 1.807) is 7.11 Å². The minimum atomic E-state index is 0.187. The molecule has 0 atom stereocenters. The zero-order valence-corrected chi connectivity index (χ0v) is 15.2. The number of carbonyl (C=O) groups excluding carboxylic acids is 2. The second-order valence-corrected chi connectivity index (χ2v) is 6.58. The van der Waals surface area contributed by atoms with Crippen molar-refractivity contribution in [2.75, 3.05) is 79.2 Å². The van der Waals surface area contributed by atoms with E-state index in [-0.39, 0.29) is 11.8 Å². The van der Waals surface area contributed by atoms with E-state index in [1.807, 2.05) is 16.7 Å². The van der Waals surface area contributed by atoms with Gasteiger partial charge in [-0.25, -0.2) is 0 Å². The van der Waals surface area contributed by atoms with Crippen molar-refractivity contribution in [2.24, 2.45) is 0 Å². The van der Waals surface area contributed by atoms with Crippen LogP contribution in [0.1, 0.15) is 19.8 Å². The largest absolute Gasteiger partial charge is 0.385 e. The molecule has 0 aromatic carbocycles. The molecule has 2 rings (SSSR count). The number of nitrogens with zero attached hydrogens (tertiary/aromatic N) is 4. The number of piperazine rings is 2. The normalized spacial score (nSPS) is 20.4. The van der Waals surface area contributed by atoms with Gasteiger partial charge in [-0.2, -0.15) is 0 Å². The molecule has 2 aliphatic rings. The van der Waals surface area contributed by atoms with Gasteiger partial charge < -0.3 is 19.4 Å². The third-order valence-electron chi connectivity index (χ3n) is 4.93. The fourth-order valence-electron chi connectivity index (χ4n) is 3.32. The van der Waals surface area contributed by atoms with E-state index in [0.717, 1.165) is 45.8 Å². The first kappa shape index (κ1) is 19.1. The average molecular weight is 340 g/mol. The van der Waals surface area contributed by atoms with Crippen molar-refractivity contribution in [3.05, 3.63) is 0 Å². The highest BCUT2D eigenvalue weighted by atomic mass is 16.5. The third kappa shape index (κ3) is 5.72. The zero-order valence-electron chi connectivity index (χ0n) is 15.2. The summed E-state index contributed by atoms with van der Waals surface area (Å²) in [7, 11) is 1.74. The lowest BCUT2D eigenvalue weighted by molar-refractivity contribution is -0.140. The Labute approximate surface area is 145 Å². The van der Waals surface area contributed by atoms with Gasteiger partial charge in [0.2, 0.25) is 11.8 Å². The van der Waals surface area contributed by atoms with E-state index in [0.29, 0.717) is 39.1 Å². The van der Waals surface area contributed by atoms with Crippen molar-refractivity contribution in [3.8, 4) is 0 Å². The molecule has 0 radical (unpaired) electrons. The second kappa shape index (κ2) is 9.96. The Morgan fingerprint density at radius 1 is 0.833 bits per heavy atom. The fourth-order valence-corrected chi connectivity index (χ4v) is 3.32. The summed E-state index contributed by atoms with van der Waals surface area (Å²) < 4.78 is 5.09. The van der Waals surface area contributed by atoms with Gasteiger partial charge in [0.15, 0.2) is 0 Å². The minimum Gasteiger partial charge on any atom is -0.385 e. The number of methoxy groups -OCH3 is 1. The zero-order chi connectivity index (χ0) is 17.4. The number of carbonyl (C=O) groups is 2. The first-order chi connectivity index (χ1) is 11.6. The number of amides is 2. The topological polar surface area (TPSA) is 56.3 Å². The molecule has 0 unspecified atom stereocenters. The van der Waals surface area contributed by atoms with E-state index in [9.17, 15) is 9.59 Å². The highest BCUT2D eigenvalue weighted by molar-refractivity contribution is 5.79. The maximum Gasteiger partial charge on any atom is 0.236 e. The maximum absolute atomic E-state index is 12.5. The van der Waals surface area contributed by atoms with Crippen LogP contribution in [0.4, 0.5) is 0 Å². The molecular formula is C17H32N4O3. The van der Waals surface area contributed by atoms with Gasteiger partial charge >= 0.3 is 0 Å². The van der Waals surface area contributed by atoms with Gasteiger partial charge in [0.1, 0.15) is 0 Å². The first-order valence-corrected chi connectivity index (χ1v) is 9.13. The summed E-state index contributed by atoms with van der Waals surface area (Å²) in [6, 6.07) is 0. The molecule has 7 heteroatoms. The SMILES string of the molecule is CCC(=O)N1CCN(C(=O)CN2CCN(CCCOC)CC2)CC1. The Bertz CT molecular complexity index is 403. The van der Waals surface area contributed by atoms with Crippen LogP contribution >= 0.6 is 0 Å². The monoisotopic (exact) mass is 340 g/mol. The molecule has 0 spiro atoms. The Balaban J connectivity index is 1.64. The van der Waals surface area contributed by atoms with Crippen LogP contribution in [0.3, 0.4) is 0 Å². The van der Waals surface area contributed by atoms with Crippen LogP contribution in [-0.4, -0.2) is 111 Å². The van der Waals surface area contributed by atoms with Crippen molar-refractivity contribution < 1.29 is 14.3 Å². The van der Waals surface area contributed by atoms with Gasteiger partial charge in [0.05, 0.1) is 6.54 Å². The van der Waals surface area contributed by atoms with Gasteiger partial charge in [0, 0.05) is 79.0 Å². The maximum atomic E-state index is 12.5. The molecule has 7 nitrogen and oxygen atoms in total. The van der Waals surface area contributed by atoms with Crippen LogP contribution in [0.5, 0.6) is 0 Å². The molecule has 2 amide bonds. The smallest absolute Gasteiger partial charge is 0.236 e. The summed E-state index contributed by atoms with van der Waals surface area (Å²) in [6.07, 6.45) is 1.61. The van der Waals surface area contributed by atoms with Gasteiger partial charge in [-0.1, -0.05) is 6.92 Å². The third-order valence-corrected chi connectivity index (χ3v) is 4.93. The number of hydrogen-bond donors (Lipinski definition) is 0. The van der Waals surface area contributed by atoms with E-state index >= 15 is 0 Å². The molecule has 0 bridgehead atoms. The molecule has 0 saturated carbocycles. The summed E-state index contributed by atoms with van der Waals surface area (Å²) in [5.74, 6) is 0.387. The summed E-state index contributed by atoms with van der Waals surface area (Å²) in [4.78, 5) is 32.6. The van der Waals surface area contributed by atoms with Crippen LogP contribution < -0.4 is 0 Å².